The third kappa shape index (κ3) is 5.31. The van der Waals surface area contributed by atoms with Gasteiger partial charge in [-0.25, -0.2) is 4.98 Å². The summed E-state index contributed by atoms with van der Waals surface area (Å²) in [5.41, 5.74) is 3.91. The van der Waals surface area contributed by atoms with E-state index >= 15 is 0 Å². The molecule has 1 aromatic heterocycles. The fourth-order valence-corrected chi connectivity index (χ4v) is 2.68. The van der Waals surface area contributed by atoms with Crippen LogP contribution >= 0.6 is 0 Å². The Bertz CT molecular complexity index is 890. The van der Waals surface area contributed by atoms with Gasteiger partial charge in [0.05, 0.1) is 24.9 Å². The predicted octanol–water partition coefficient (Wildman–Crippen LogP) is 4.71. The number of anilines is 3. The van der Waals surface area contributed by atoms with Crippen LogP contribution in [0.3, 0.4) is 0 Å². The van der Waals surface area contributed by atoms with Crippen molar-refractivity contribution in [1.82, 2.24) is 4.98 Å². The van der Waals surface area contributed by atoms with Gasteiger partial charge in [-0.15, -0.1) is 0 Å². The van der Waals surface area contributed by atoms with Gasteiger partial charge in [-0.3, -0.25) is 4.79 Å². The fraction of sp³-hybridized carbons (Fsp3) is 0.182. The molecule has 2 aromatic carbocycles. The quantitative estimate of drug-likeness (QED) is 0.639. The SMILES string of the molecule is CCOc1ccc(Nc2ccc(NC(=O)Cc3ccccc3C)nc2)cc1. The molecule has 5 nitrogen and oxygen atoms in total. The van der Waals surface area contributed by atoms with Crippen LogP contribution < -0.4 is 15.4 Å². The van der Waals surface area contributed by atoms with Gasteiger partial charge in [0.2, 0.25) is 5.91 Å². The Kier molecular flexibility index (Phi) is 6.05. The summed E-state index contributed by atoms with van der Waals surface area (Å²) in [7, 11) is 0. The lowest BCUT2D eigenvalue weighted by molar-refractivity contribution is -0.115. The first-order valence-electron chi connectivity index (χ1n) is 8.94. The number of nitrogens with zero attached hydrogens (tertiary/aromatic N) is 1. The van der Waals surface area contributed by atoms with Crippen molar-refractivity contribution in [3.05, 3.63) is 78.0 Å². The van der Waals surface area contributed by atoms with Crippen LogP contribution in [0.1, 0.15) is 18.1 Å². The van der Waals surface area contributed by atoms with Gasteiger partial charge in [0.25, 0.3) is 0 Å². The van der Waals surface area contributed by atoms with Gasteiger partial charge >= 0.3 is 0 Å². The summed E-state index contributed by atoms with van der Waals surface area (Å²) < 4.78 is 5.43. The van der Waals surface area contributed by atoms with Crippen LogP contribution in [0.4, 0.5) is 17.2 Å². The number of carbonyl (C=O) groups excluding carboxylic acids is 1. The van der Waals surface area contributed by atoms with Gasteiger partial charge in [0, 0.05) is 5.69 Å². The monoisotopic (exact) mass is 361 g/mol. The molecule has 0 spiro atoms. The molecule has 1 heterocycles. The van der Waals surface area contributed by atoms with Gasteiger partial charge in [-0.2, -0.15) is 0 Å². The molecule has 2 N–H and O–H groups in total. The maximum absolute atomic E-state index is 12.2. The summed E-state index contributed by atoms with van der Waals surface area (Å²) in [4.78, 5) is 16.5. The molecule has 0 saturated carbocycles. The number of nitrogens with one attached hydrogen (secondary N) is 2. The van der Waals surface area contributed by atoms with Crippen LogP contribution in [-0.4, -0.2) is 17.5 Å². The smallest absolute Gasteiger partial charge is 0.229 e. The molecular weight excluding hydrogens is 338 g/mol. The van der Waals surface area contributed by atoms with Crippen LogP contribution in [0.5, 0.6) is 5.75 Å². The van der Waals surface area contributed by atoms with Gasteiger partial charge in [0.1, 0.15) is 11.6 Å². The number of rotatable bonds is 7. The molecule has 0 atom stereocenters. The van der Waals surface area contributed by atoms with Crippen LogP contribution in [0.15, 0.2) is 66.9 Å². The summed E-state index contributed by atoms with van der Waals surface area (Å²) >= 11 is 0. The second kappa shape index (κ2) is 8.85. The maximum atomic E-state index is 12.2. The normalized spacial score (nSPS) is 10.3. The molecule has 0 saturated heterocycles. The number of ether oxygens (including phenoxy) is 1. The minimum absolute atomic E-state index is 0.0796. The highest BCUT2D eigenvalue weighted by Gasteiger charge is 2.07. The van der Waals surface area contributed by atoms with E-state index in [0.29, 0.717) is 18.8 Å². The molecule has 3 rings (SSSR count). The Balaban J connectivity index is 1.56. The van der Waals surface area contributed by atoms with E-state index in [1.54, 1.807) is 12.3 Å². The van der Waals surface area contributed by atoms with E-state index in [1.165, 1.54) is 0 Å². The Hall–Kier alpha value is -3.34. The van der Waals surface area contributed by atoms with E-state index in [9.17, 15) is 4.79 Å². The Labute approximate surface area is 159 Å². The highest BCUT2D eigenvalue weighted by atomic mass is 16.5. The zero-order chi connectivity index (χ0) is 19.1. The van der Waals surface area contributed by atoms with Crippen molar-refractivity contribution in [2.24, 2.45) is 0 Å². The Morgan fingerprint density at radius 1 is 1.00 bits per heavy atom. The lowest BCUT2D eigenvalue weighted by Crippen LogP contribution is -2.15. The van der Waals surface area contributed by atoms with E-state index < -0.39 is 0 Å². The largest absolute Gasteiger partial charge is 0.494 e. The number of amides is 1. The van der Waals surface area contributed by atoms with E-state index in [0.717, 1.165) is 28.3 Å². The number of carbonyl (C=O) groups is 1. The maximum Gasteiger partial charge on any atom is 0.229 e. The van der Waals surface area contributed by atoms with Gasteiger partial charge < -0.3 is 15.4 Å². The molecule has 1 amide bonds. The highest BCUT2D eigenvalue weighted by molar-refractivity contribution is 5.91. The van der Waals surface area contributed by atoms with Crippen molar-refractivity contribution in [1.29, 1.82) is 0 Å². The lowest BCUT2D eigenvalue weighted by atomic mass is 10.1. The zero-order valence-electron chi connectivity index (χ0n) is 15.5. The molecule has 138 valence electrons. The van der Waals surface area contributed by atoms with E-state index in [2.05, 4.69) is 15.6 Å². The zero-order valence-corrected chi connectivity index (χ0v) is 15.5. The van der Waals surface area contributed by atoms with Crippen LogP contribution in [-0.2, 0) is 11.2 Å². The minimum Gasteiger partial charge on any atom is -0.494 e. The van der Waals surface area contributed by atoms with E-state index in [4.69, 9.17) is 4.74 Å². The Morgan fingerprint density at radius 3 is 2.41 bits per heavy atom. The van der Waals surface area contributed by atoms with Crippen LogP contribution in [0.25, 0.3) is 0 Å². The molecule has 0 bridgehead atoms. The molecule has 0 aliphatic heterocycles. The first-order valence-corrected chi connectivity index (χ1v) is 8.94. The third-order valence-electron chi connectivity index (χ3n) is 4.10. The second-order valence-electron chi connectivity index (χ2n) is 6.17. The van der Waals surface area contributed by atoms with E-state index in [-0.39, 0.29) is 5.91 Å². The molecule has 27 heavy (non-hydrogen) atoms. The number of hydrogen-bond donors (Lipinski definition) is 2. The number of aromatic nitrogens is 1. The molecule has 5 heteroatoms. The number of benzene rings is 2. The molecule has 3 aromatic rings. The average Bonchev–Trinajstić information content (AvgIpc) is 2.67. The van der Waals surface area contributed by atoms with E-state index in [1.807, 2.05) is 68.4 Å². The Morgan fingerprint density at radius 2 is 1.74 bits per heavy atom. The third-order valence-corrected chi connectivity index (χ3v) is 4.10. The van der Waals surface area contributed by atoms with Crippen molar-refractivity contribution in [2.45, 2.75) is 20.3 Å². The number of pyridine rings is 1. The summed E-state index contributed by atoms with van der Waals surface area (Å²) in [6.07, 6.45) is 2.03. The molecule has 0 aliphatic carbocycles. The molecule has 0 fully saturated rings. The summed E-state index contributed by atoms with van der Waals surface area (Å²) in [5.74, 6) is 1.29. The number of hydrogen-bond acceptors (Lipinski definition) is 4. The highest BCUT2D eigenvalue weighted by Crippen LogP contribution is 2.20. The number of aryl methyl sites for hydroxylation is 1. The first-order chi connectivity index (χ1) is 13.1. The lowest BCUT2D eigenvalue weighted by Gasteiger charge is -2.09. The molecular formula is C22H23N3O2. The average molecular weight is 361 g/mol. The van der Waals surface area contributed by atoms with Crippen molar-refractivity contribution < 1.29 is 9.53 Å². The van der Waals surface area contributed by atoms with Gasteiger partial charge in [0.15, 0.2) is 0 Å². The summed E-state index contributed by atoms with van der Waals surface area (Å²) in [6, 6.07) is 19.3. The van der Waals surface area contributed by atoms with Crippen molar-refractivity contribution in [3.8, 4) is 5.75 Å². The van der Waals surface area contributed by atoms with Gasteiger partial charge in [-0.05, 0) is 61.4 Å². The second-order valence-corrected chi connectivity index (χ2v) is 6.17. The standard InChI is InChI=1S/C22H23N3O2/c1-3-27-20-11-8-18(9-12-20)24-19-10-13-21(23-15-19)25-22(26)14-17-7-5-4-6-16(17)2/h4-13,15,24H,3,14H2,1-2H3,(H,23,25,26). The molecule has 0 aliphatic rings. The van der Waals surface area contributed by atoms with Crippen molar-refractivity contribution in [3.63, 3.8) is 0 Å². The first kappa shape index (κ1) is 18.5. The fourth-order valence-electron chi connectivity index (χ4n) is 2.68. The van der Waals surface area contributed by atoms with Crippen molar-refractivity contribution >= 4 is 23.1 Å². The summed E-state index contributed by atoms with van der Waals surface area (Å²) in [5, 5.41) is 6.11. The summed E-state index contributed by atoms with van der Waals surface area (Å²) in [6.45, 7) is 4.61. The minimum atomic E-state index is -0.0796. The van der Waals surface area contributed by atoms with Gasteiger partial charge in [-0.1, -0.05) is 24.3 Å². The molecule has 0 unspecified atom stereocenters. The van der Waals surface area contributed by atoms with Crippen molar-refractivity contribution in [2.75, 3.05) is 17.2 Å². The van der Waals surface area contributed by atoms with Crippen LogP contribution in [0.2, 0.25) is 0 Å². The van der Waals surface area contributed by atoms with Crippen LogP contribution in [0, 0.1) is 6.92 Å². The molecule has 0 radical (unpaired) electrons. The predicted molar refractivity (Wildman–Crippen MR) is 109 cm³/mol. The topological polar surface area (TPSA) is 63.2 Å².